The lowest BCUT2D eigenvalue weighted by Gasteiger charge is -2.07. The van der Waals surface area contributed by atoms with Crippen LogP contribution >= 0.6 is 8.25 Å². The molecule has 0 radical (unpaired) electrons. The standard InChI is InChI=1S/C20H31O5P/c1-7-11-22-19(5)15-17(3)9-13-24-26(21)25-14-10-18(4)16-20(6)23-12-8-2/h7-10,13-16,19-20,26H,1-2,11-12H2,3-6H3. The molecule has 0 rings (SSSR count). The van der Waals surface area contributed by atoms with Gasteiger partial charge in [0.2, 0.25) is 0 Å². The van der Waals surface area contributed by atoms with Crippen LogP contribution in [0.1, 0.15) is 27.7 Å². The quantitative estimate of drug-likeness (QED) is 0.172. The van der Waals surface area contributed by atoms with Crippen LogP contribution in [0.4, 0.5) is 0 Å². The van der Waals surface area contributed by atoms with Crippen molar-refractivity contribution in [1.82, 2.24) is 0 Å². The van der Waals surface area contributed by atoms with Gasteiger partial charge in [-0.3, -0.25) is 0 Å². The summed E-state index contributed by atoms with van der Waals surface area (Å²) in [5.74, 6) is 0. The number of allylic oxidation sites excluding steroid dienone is 4. The summed E-state index contributed by atoms with van der Waals surface area (Å²) in [6, 6.07) is 0. The second kappa shape index (κ2) is 15.4. The molecule has 0 aliphatic rings. The summed E-state index contributed by atoms with van der Waals surface area (Å²) >= 11 is 0. The summed E-state index contributed by atoms with van der Waals surface area (Å²) in [7, 11) is -2.63. The molecule has 0 spiro atoms. The van der Waals surface area contributed by atoms with E-state index in [4.69, 9.17) is 18.5 Å². The maximum Gasteiger partial charge on any atom is 0.417 e. The molecule has 0 aliphatic carbocycles. The number of rotatable bonds is 14. The molecule has 5 nitrogen and oxygen atoms in total. The first kappa shape index (κ1) is 24.2. The molecular formula is C20H31O5P. The van der Waals surface area contributed by atoms with Crippen LogP contribution in [0.15, 0.2) is 73.3 Å². The molecule has 0 N–H and O–H groups in total. The summed E-state index contributed by atoms with van der Waals surface area (Å²) in [4.78, 5) is 0. The third-order valence-corrected chi connectivity index (χ3v) is 3.60. The fourth-order valence-electron chi connectivity index (χ4n) is 1.81. The SMILES string of the molecule is C=CCOC(C)C=C(C)C=CO[PH](=O)OC=CC(C)=CC(C)OCC=C. The zero-order chi connectivity index (χ0) is 19.8. The van der Waals surface area contributed by atoms with Crippen LogP contribution in [-0.2, 0) is 23.1 Å². The van der Waals surface area contributed by atoms with Gasteiger partial charge in [-0.25, -0.2) is 4.57 Å². The van der Waals surface area contributed by atoms with Crippen molar-refractivity contribution in [2.75, 3.05) is 13.2 Å². The molecule has 0 amide bonds. The molecule has 0 fully saturated rings. The van der Waals surface area contributed by atoms with Crippen molar-refractivity contribution in [1.29, 1.82) is 0 Å². The molecule has 2 unspecified atom stereocenters. The molecule has 0 aromatic carbocycles. The average molecular weight is 382 g/mol. The summed E-state index contributed by atoms with van der Waals surface area (Å²) in [6.45, 7) is 15.8. The number of hydrogen-bond donors (Lipinski definition) is 0. The van der Waals surface area contributed by atoms with Gasteiger partial charge in [0.05, 0.1) is 37.9 Å². The molecule has 0 bridgehead atoms. The highest BCUT2D eigenvalue weighted by molar-refractivity contribution is 7.33. The zero-order valence-corrected chi connectivity index (χ0v) is 17.1. The highest BCUT2D eigenvalue weighted by atomic mass is 31.1. The Morgan fingerprint density at radius 3 is 1.62 bits per heavy atom. The molecule has 0 heterocycles. The first-order valence-corrected chi connectivity index (χ1v) is 9.63. The van der Waals surface area contributed by atoms with Gasteiger partial charge in [0.15, 0.2) is 0 Å². The fourth-order valence-corrected chi connectivity index (χ4v) is 2.22. The van der Waals surface area contributed by atoms with Crippen molar-refractivity contribution >= 4 is 8.25 Å². The van der Waals surface area contributed by atoms with Gasteiger partial charge in [0.1, 0.15) is 0 Å². The summed E-state index contributed by atoms with van der Waals surface area (Å²) < 4.78 is 32.6. The van der Waals surface area contributed by atoms with Crippen LogP contribution in [0.3, 0.4) is 0 Å². The van der Waals surface area contributed by atoms with Crippen LogP contribution in [0, 0.1) is 0 Å². The normalized spacial score (nSPS) is 16.5. The van der Waals surface area contributed by atoms with Gasteiger partial charge in [0, 0.05) is 0 Å². The molecule has 0 saturated heterocycles. The molecule has 0 aliphatic heterocycles. The third kappa shape index (κ3) is 14.5. The van der Waals surface area contributed by atoms with Crippen LogP contribution in [0.2, 0.25) is 0 Å². The topological polar surface area (TPSA) is 54.0 Å². The van der Waals surface area contributed by atoms with E-state index < -0.39 is 8.25 Å². The van der Waals surface area contributed by atoms with E-state index >= 15 is 0 Å². The van der Waals surface area contributed by atoms with Crippen LogP contribution in [0.5, 0.6) is 0 Å². The molecule has 26 heavy (non-hydrogen) atoms. The van der Waals surface area contributed by atoms with E-state index in [0.717, 1.165) is 11.1 Å². The molecule has 0 aromatic rings. The minimum Gasteiger partial charge on any atom is -0.426 e. The highest BCUT2D eigenvalue weighted by Crippen LogP contribution is 2.25. The van der Waals surface area contributed by atoms with Crippen molar-refractivity contribution in [3.63, 3.8) is 0 Å². The summed E-state index contributed by atoms with van der Waals surface area (Å²) in [5.41, 5.74) is 1.86. The lowest BCUT2D eigenvalue weighted by molar-refractivity contribution is 0.122. The maximum absolute atomic E-state index is 11.7. The first-order chi connectivity index (χ1) is 12.4. The van der Waals surface area contributed by atoms with E-state index in [0.29, 0.717) is 13.2 Å². The maximum atomic E-state index is 11.7. The smallest absolute Gasteiger partial charge is 0.417 e. The van der Waals surface area contributed by atoms with E-state index in [2.05, 4.69) is 13.2 Å². The van der Waals surface area contributed by atoms with Gasteiger partial charge in [-0.15, -0.1) is 13.2 Å². The Hall–Kier alpha value is -1.81. The average Bonchev–Trinajstić information content (AvgIpc) is 2.58. The third-order valence-electron chi connectivity index (χ3n) is 2.94. The van der Waals surface area contributed by atoms with Crippen molar-refractivity contribution < 1.29 is 23.1 Å². The Kier molecular flexibility index (Phi) is 14.4. The monoisotopic (exact) mass is 382 g/mol. The first-order valence-electron chi connectivity index (χ1n) is 8.41. The zero-order valence-electron chi connectivity index (χ0n) is 16.1. The lowest BCUT2D eigenvalue weighted by atomic mass is 10.2. The second-order valence-electron chi connectivity index (χ2n) is 5.57. The van der Waals surface area contributed by atoms with E-state index in [1.165, 1.54) is 12.5 Å². The van der Waals surface area contributed by atoms with Crippen molar-refractivity contribution in [3.05, 3.63) is 73.3 Å². The fraction of sp³-hybridized carbons (Fsp3) is 0.400. The molecule has 0 saturated carbocycles. The van der Waals surface area contributed by atoms with Crippen LogP contribution in [-0.4, -0.2) is 25.4 Å². The van der Waals surface area contributed by atoms with Crippen LogP contribution in [0.25, 0.3) is 0 Å². The van der Waals surface area contributed by atoms with Gasteiger partial charge >= 0.3 is 8.25 Å². The van der Waals surface area contributed by atoms with Gasteiger partial charge in [-0.05, 0) is 51.0 Å². The van der Waals surface area contributed by atoms with Gasteiger partial charge in [0.25, 0.3) is 0 Å². The Morgan fingerprint density at radius 1 is 0.885 bits per heavy atom. The predicted octanol–water partition coefficient (Wildman–Crippen LogP) is 5.51. The molecular weight excluding hydrogens is 351 g/mol. The Bertz CT molecular complexity index is 513. The Morgan fingerprint density at radius 2 is 1.27 bits per heavy atom. The number of ether oxygens (including phenoxy) is 2. The van der Waals surface area contributed by atoms with E-state index in [1.807, 2.05) is 39.8 Å². The van der Waals surface area contributed by atoms with Crippen molar-refractivity contribution in [2.45, 2.75) is 39.9 Å². The van der Waals surface area contributed by atoms with E-state index in [9.17, 15) is 4.57 Å². The summed E-state index contributed by atoms with van der Waals surface area (Å²) in [6.07, 6.45) is 13.3. The number of hydrogen-bond acceptors (Lipinski definition) is 5. The van der Waals surface area contributed by atoms with E-state index in [-0.39, 0.29) is 12.2 Å². The Balaban J connectivity index is 4.25. The van der Waals surface area contributed by atoms with Crippen molar-refractivity contribution in [2.24, 2.45) is 0 Å². The van der Waals surface area contributed by atoms with Gasteiger partial charge in [-0.1, -0.05) is 24.3 Å². The predicted molar refractivity (Wildman–Crippen MR) is 108 cm³/mol. The van der Waals surface area contributed by atoms with Crippen molar-refractivity contribution in [3.8, 4) is 0 Å². The molecule has 0 aromatic heterocycles. The molecule has 146 valence electrons. The molecule has 2 atom stereocenters. The Labute approximate surface area is 158 Å². The largest absolute Gasteiger partial charge is 0.426 e. The second-order valence-corrected chi connectivity index (χ2v) is 6.54. The lowest BCUT2D eigenvalue weighted by Crippen LogP contribution is -2.04. The summed E-state index contributed by atoms with van der Waals surface area (Å²) in [5, 5.41) is 0. The van der Waals surface area contributed by atoms with E-state index in [1.54, 1.807) is 24.3 Å². The highest BCUT2D eigenvalue weighted by Gasteiger charge is 1.98. The van der Waals surface area contributed by atoms with Gasteiger partial charge < -0.3 is 18.5 Å². The minimum atomic E-state index is -2.63. The molecule has 6 heteroatoms. The van der Waals surface area contributed by atoms with Gasteiger partial charge in [-0.2, -0.15) is 0 Å². The minimum absolute atomic E-state index is 0.0403. The van der Waals surface area contributed by atoms with Crippen LogP contribution < -0.4 is 0 Å².